The maximum Gasteiger partial charge on any atom is 0.119 e. The molecule has 0 spiro atoms. The summed E-state index contributed by atoms with van der Waals surface area (Å²) in [6.07, 6.45) is 6.78. The van der Waals surface area contributed by atoms with Crippen molar-refractivity contribution in [3.63, 3.8) is 0 Å². The lowest BCUT2D eigenvalue weighted by molar-refractivity contribution is 0.0969. The topological polar surface area (TPSA) is 15.7 Å². The zero-order valence-corrected chi connectivity index (χ0v) is 18.8. The Hall–Kier alpha value is -1.22. The summed E-state index contributed by atoms with van der Waals surface area (Å²) in [6, 6.07) is 6.84. The van der Waals surface area contributed by atoms with E-state index in [9.17, 15) is 0 Å². The zero-order valence-electron chi connectivity index (χ0n) is 18.8. The van der Waals surface area contributed by atoms with E-state index in [1.165, 1.54) is 63.0 Å². The van der Waals surface area contributed by atoms with Gasteiger partial charge in [0.05, 0.1) is 7.11 Å². The van der Waals surface area contributed by atoms with Crippen LogP contribution in [0.4, 0.5) is 5.69 Å². The van der Waals surface area contributed by atoms with Gasteiger partial charge in [-0.3, -0.25) is 4.90 Å². The average Bonchev–Trinajstić information content (AvgIpc) is 3.43. The Morgan fingerprint density at radius 1 is 0.964 bits per heavy atom. The molecule has 1 heterocycles. The number of hydrogen-bond donors (Lipinski definition) is 0. The highest BCUT2D eigenvalue weighted by Gasteiger charge is 2.40. The number of benzene rings is 1. The minimum atomic E-state index is 0.399. The monoisotopic (exact) mass is 384 g/mol. The van der Waals surface area contributed by atoms with Crippen LogP contribution in [0.2, 0.25) is 0 Å². The first-order chi connectivity index (χ1) is 13.2. The van der Waals surface area contributed by atoms with Crippen LogP contribution >= 0.6 is 0 Å². The van der Waals surface area contributed by atoms with Crippen molar-refractivity contribution < 1.29 is 4.74 Å². The molecule has 0 amide bonds. The molecule has 0 N–H and O–H groups in total. The molecule has 3 aliphatic rings. The molecule has 3 heteroatoms. The van der Waals surface area contributed by atoms with Crippen molar-refractivity contribution in [2.24, 2.45) is 16.7 Å². The Labute approximate surface area is 172 Å². The molecule has 1 aromatic carbocycles. The Kier molecular flexibility index (Phi) is 5.41. The molecule has 0 radical (unpaired) electrons. The van der Waals surface area contributed by atoms with Gasteiger partial charge in [-0.1, -0.05) is 27.7 Å². The second-order valence-electron chi connectivity index (χ2n) is 11.3. The summed E-state index contributed by atoms with van der Waals surface area (Å²) in [5.41, 5.74) is 3.78. The molecule has 0 unspecified atom stereocenters. The molecular formula is C25H40N2O. The standard InChI is InChI=1S/C25H40N2O/c1-24(2)15-20(16-25(3,4)18-24)22-14-21(28-5)8-9-23(22)27-12-10-26(11-13-27)17-19-6-7-19/h8-9,14,19-20H,6-7,10-13,15-18H2,1-5H3. The van der Waals surface area contributed by atoms with Gasteiger partial charge in [-0.15, -0.1) is 0 Å². The number of piperazine rings is 1. The highest BCUT2D eigenvalue weighted by Crippen LogP contribution is 2.53. The lowest BCUT2D eigenvalue weighted by Gasteiger charge is -2.46. The van der Waals surface area contributed by atoms with Gasteiger partial charge in [0.25, 0.3) is 0 Å². The second kappa shape index (κ2) is 7.55. The van der Waals surface area contributed by atoms with Gasteiger partial charge in [0.1, 0.15) is 5.75 Å². The zero-order chi connectivity index (χ0) is 19.9. The number of rotatable bonds is 5. The van der Waals surface area contributed by atoms with E-state index >= 15 is 0 Å². The first-order valence-corrected chi connectivity index (χ1v) is 11.4. The minimum absolute atomic E-state index is 0.399. The van der Waals surface area contributed by atoms with E-state index < -0.39 is 0 Å². The number of hydrogen-bond acceptors (Lipinski definition) is 3. The summed E-state index contributed by atoms with van der Waals surface area (Å²) in [5.74, 6) is 2.62. The molecule has 3 fully saturated rings. The van der Waals surface area contributed by atoms with Crippen LogP contribution in [0.15, 0.2) is 18.2 Å². The van der Waals surface area contributed by atoms with Crippen LogP contribution in [0.1, 0.15) is 71.3 Å². The molecule has 3 nitrogen and oxygen atoms in total. The van der Waals surface area contributed by atoms with E-state index in [4.69, 9.17) is 4.74 Å². The smallest absolute Gasteiger partial charge is 0.119 e. The lowest BCUT2D eigenvalue weighted by Crippen LogP contribution is -2.47. The van der Waals surface area contributed by atoms with Crippen LogP contribution < -0.4 is 9.64 Å². The summed E-state index contributed by atoms with van der Waals surface area (Å²) in [7, 11) is 1.80. The SMILES string of the molecule is COc1ccc(N2CCN(CC3CC3)CC2)c(C2CC(C)(C)CC(C)(C)C2)c1. The van der Waals surface area contributed by atoms with E-state index in [0.717, 1.165) is 24.8 Å². The minimum Gasteiger partial charge on any atom is -0.497 e. The summed E-state index contributed by atoms with van der Waals surface area (Å²) < 4.78 is 5.63. The van der Waals surface area contributed by atoms with Crippen LogP contribution in [-0.4, -0.2) is 44.7 Å². The third-order valence-electron chi connectivity index (χ3n) is 7.16. The molecule has 4 rings (SSSR count). The predicted octanol–water partition coefficient (Wildman–Crippen LogP) is 5.55. The molecule has 28 heavy (non-hydrogen) atoms. The molecule has 2 aliphatic carbocycles. The van der Waals surface area contributed by atoms with Crippen molar-refractivity contribution in [2.75, 3.05) is 44.7 Å². The fraction of sp³-hybridized carbons (Fsp3) is 0.760. The number of anilines is 1. The van der Waals surface area contributed by atoms with Crippen molar-refractivity contribution in [3.8, 4) is 5.75 Å². The second-order valence-corrected chi connectivity index (χ2v) is 11.3. The first kappa shape index (κ1) is 20.1. The Morgan fingerprint density at radius 2 is 1.61 bits per heavy atom. The fourth-order valence-corrected chi connectivity index (χ4v) is 6.18. The lowest BCUT2D eigenvalue weighted by atomic mass is 9.60. The molecule has 156 valence electrons. The highest BCUT2D eigenvalue weighted by atomic mass is 16.5. The van der Waals surface area contributed by atoms with Crippen molar-refractivity contribution in [1.29, 1.82) is 0 Å². The molecule has 0 atom stereocenters. The first-order valence-electron chi connectivity index (χ1n) is 11.4. The van der Waals surface area contributed by atoms with E-state index in [1.807, 2.05) is 0 Å². The normalized spacial score (nSPS) is 25.7. The third kappa shape index (κ3) is 4.67. The third-order valence-corrected chi connectivity index (χ3v) is 7.16. The maximum atomic E-state index is 5.63. The van der Waals surface area contributed by atoms with Gasteiger partial charge < -0.3 is 9.64 Å². The quantitative estimate of drug-likeness (QED) is 0.662. The van der Waals surface area contributed by atoms with Gasteiger partial charge in [0.15, 0.2) is 0 Å². The van der Waals surface area contributed by atoms with Crippen LogP contribution in [-0.2, 0) is 0 Å². The Morgan fingerprint density at radius 3 is 2.18 bits per heavy atom. The maximum absolute atomic E-state index is 5.63. The van der Waals surface area contributed by atoms with E-state index in [2.05, 4.69) is 55.7 Å². The van der Waals surface area contributed by atoms with Gasteiger partial charge >= 0.3 is 0 Å². The molecule has 0 bridgehead atoms. The summed E-state index contributed by atoms with van der Waals surface area (Å²) in [4.78, 5) is 5.33. The number of methoxy groups -OCH3 is 1. The summed E-state index contributed by atoms with van der Waals surface area (Å²) >= 11 is 0. The number of ether oxygens (including phenoxy) is 1. The van der Waals surface area contributed by atoms with Gasteiger partial charge in [-0.2, -0.15) is 0 Å². The van der Waals surface area contributed by atoms with Crippen molar-refractivity contribution >= 4 is 5.69 Å². The van der Waals surface area contributed by atoms with Gasteiger partial charge in [0.2, 0.25) is 0 Å². The van der Waals surface area contributed by atoms with Gasteiger partial charge in [-0.05, 0) is 78.5 Å². The fourth-order valence-electron chi connectivity index (χ4n) is 6.18. The van der Waals surface area contributed by atoms with Crippen molar-refractivity contribution in [3.05, 3.63) is 23.8 Å². The van der Waals surface area contributed by atoms with E-state index in [-0.39, 0.29) is 0 Å². The van der Waals surface area contributed by atoms with Crippen molar-refractivity contribution in [1.82, 2.24) is 4.90 Å². The largest absolute Gasteiger partial charge is 0.497 e. The van der Waals surface area contributed by atoms with E-state index in [0.29, 0.717) is 16.7 Å². The molecular weight excluding hydrogens is 344 g/mol. The van der Waals surface area contributed by atoms with Gasteiger partial charge in [0, 0.05) is 38.4 Å². The van der Waals surface area contributed by atoms with Crippen LogP contribution in [0.25, 0.3) is 0 Å². The Balaban J connectivity index is 1.56. The molecule has 1 aliphatic heterocycles. The Bertz CT molecular complexity index is 668. The van der Waals surface area contributed by atoms with Crippen molar-refractivity contribution in [2.45, 2.75) is 65.7 Å². The van der Waals surface area contributed by atoms with E-state index in [1.54, 1.807) is 7.11 Å². The molecule has 0 aromatic heterocycles. The van der Waals surface area contributed by atoms with Crippen LogP contribution in [0.5, 0.6) is 5.75 Å². The highest BCUT2D eigenvalue weighted by molar-refractivity contribution is 5.58. The molecule has 1 saturated heterocycles. The van der Waals surface area contributed by atoms with Gasteiger partial charge in [-0.25, -0.2) is 0 Å². The predicted molar refractivity (Wildman–Crippen MR) is 119 cm³/mol. The summed E-state index contributed by atoms with van der Waals surface area (Å²) in [6.45, 7) is 15.9. The molecule has 1 aromatic rings. The number of nitrogens with zero attached hydrogens (tertiary/aromatic N) is 2. The van der Waals surface area contributed by atoms with Crippen LogP contribution in [0, 0.1) is 16.7 Å². The average molecular weight is 385 g/mol. The summed E-state index contributed by atoms with van der Waals surface area (Å²) in [5, 5.41) is 0. The van der Waals surface area contributed by atoms with Crippen LogP contribution in [0.3, 0.4) is 0 Å². The molecule has 2 saturated carbocycles.